The van der Waals surface area contributed by atoms with Crippen molar-refractivity contribution in [3.63, 3.8) is 0 Å². The lowest BCUT2D eigenvalue weighted by Gasteiger charge is -2.18. The Morgan fingerprint density at radius 1 is 1.38 bits per heavy atom. The van der Waals surface area contributed by atoms with E-state index >= 15 is 0 Å². The molecule has 0 aliphatic heterocycles. The molecule has 1 aliphatic carbocycles. The maximum Gasteiger partial charge on any atom is 0.407 e. The van der Waals surface area contributed by atoms with Crippen molar-refractivity contribution in [2.45, 2.75) is 26.0 Å². The number of aryl methyl sites for hydroxylation is 2. The van der Waals surface area contributed by atoms with Crippen LogP contribution in [0.4, 0.5) is 4.79 Å². The van der Waals surface area contributed by atoms with Crippen LogP contribution in [0.2, 0.25) is 0 Å². The fourth-order valence-electron chi connectivity index (χ4n) is 3.26. The zero-order chi connectivity index (χ0) is 20.4. The fraction of sp³-hybridized carbons (Fsp3) is 0.286. The zero-order valence-electron chi connectivity index (χ0n) is 16.5. The largest absolute Gasteiger partial charge is 0.496 e. The average Bonchev–Trinajstić information content (AvgIpc) is 3.28. The van der Waals surface area contributed by atoms with Gasteiger partial charge >= 0.3 is 6.09 Å². The lowest BCUT2D eigenvalue weighted by atomic mass is 10.0. The molecule has 3 aromatic rings. The minimum absolute atomic E-state index is 0.128. The summed E-state index contributed by atoms with van der Waals surface area (Å²) in [5.41, 5.74) is 3.82. The topological polar surface area (TPSA) is 78.3 Å². The Bertz CT molecular complexity index is 1070. The summed E-state index contributed by atoms with van der Waals surface area (Å²) in [6.45, 7) is 2.09. The number of aromatic nitrogens is 3. The summed E-state index contributed by atoms with van der Waals surface area (Å²) in [7, 11) is 3.59. The van der Waals surface area contributed by atoms with Gasteiger partial charge in [0.2, 0.25) is 0 Å². The molecule has 1 aromatic carbocycles. The van der Waals surface area contributed by atoms with Crippen LogP contribution in [0.15, 0.2) is 36.7 Å². The van der Waals surface area contributed by atoms with Crippen LogP contribution in [0.25, 0.3) is 16.6 Å². The third-order valence-corrected chi connectivity index (χ3v) is 5.99. The summed E-state index contributed by atoms with van der Waals surface area (Å²) in [6.07, 6.45) is 5.92. The first kappa shape index (κ1) is 19.2. The first-order valence-corrected chi connectivity index (χ1v) is 10.1. The van der Waals surface area contributed by atoms with Crippen molar-refractivity contribution < 1.29 is 14.3 Å². The molecule has 7 nitrogen and oxygen atoms in total. The first-order chi connectivity index (χ1) is 14.0. The number of methoxy groups -OCH3 is 1. The summed E-state index contributed by atoms with van der Waals surface area (Å²) in [6, 6.07) is 7.61. The Labute approximate surface area is 173 Å². The number of hydrogen-bond donors (Lipinski definition) is 1. The number of hydrogen-bond acceptors (Lipinski definition) is 6. The molecule has 29 heavy (non-hydrogen) atoms. The van der Waals surface area contributed by atoms with E-state index < -0.39 is 6.09 Å². The van der Waals surface area contributed by atoms with E-state index in [1.807, 2.05) is 55.0 Å². The first-order valence-electron chi connectivity index (χ1n) is 9.26. The molecule has 1 amide bonds. The number of thiazole rings is 1. The smallest absolute Gasteiger partial charge is 0.407 e. The van der Waals surface area contributed by atoms with Crippen LogP contribution >= 0.6 is 11.3 Å². The van der Waals surface area contributed by atoms with Crippen molar-refractivity contribution in [1.82, 2.24) is 19.9 Å². The van der Waals surface area contributed by atoms with Gasteiger partial charge < -0.3 is 19.4 Å². The highest BCUT2D eigenvalue weighted by Crippen LogP contribution is 2.34. The van der Waals surface area contributed by atoms with E-state index in [9.17, 15) is 4.79 Å². The molecule has 1 atom stereocenters. The Hall–Kier alpha value is -3.13. The third-order valence-electron chi connectivity index (χ3n) is 4.83. The highest BCUT2D eigenvalue weighted by molar-refractivity contribution is 7.15. The van der Waals surface area contributed by atoms with E-state index in [2.05, 4.69) is 15.3 Å². The molecular weight excluding hydrogens is 388 g/mol. The molecule has 0 fully saturated rings. The molecule has 150 valence electrons. The number of alkyl carbamates (subject to hydrolysis) is 1. The number of carbonyl (C=O) groups excluding carboxylic acids is 1. The van der Waals surface area contributed by atoms with Gasteiger partial charge in [-0.25, -0.2) is 14.8 Å². The Morgan fingerprint density at radius 2 is 2.21 bits per heavy atom. The maximum absolute atomic E-state index is 12.3. The number of nitrogens with zero attached hydrogens (tertiary/aromatic N) is 3. The molecule has 1 aliphatic rings. The molecule has 1 unspecified atom stereocenters. The lowest BCUT2D eigenvalue weighted by molar-refractivity contribution is 0.138. The summed E-state index contributed by atoms with van der Waals surface area (Å²) >= 11 is 1.50. The second-order valence-electron chi connectivity index (χ2n) is 6.81. The fourth-order valence-corrected chi connectivity index (χ4v) is 4.27. The minimum atomic E-state index is -0.453. The quantitative estimate of drug-likeness (QED) is 0.694. The number of carbonyl (C=O) groups is 1. The Kier molecular flexibility index (Phi) is 5.35. The predicted octanol–water partition coefficient (Wildman–Crippen LogP) is 3.72. The van der Waals surface area contributed by atoms with Crippen molar-refractivity contribution >= 4 is 23.5 Å². The van der Waals surface area contributed by atoms with E-state index in [-0.39, 0.29) is 12.6 Å². The van der Waals surface area contributed by atoms with E-state index in [1.54, 1.807) is 13.4 Å². The molecule has 1 N–H and O–H groups in total. The standard InChI is InChI=1S/C21H22N4O3S/c1-13-19(29-20(23-13)15-6-4-5-7-18(15)27-3)11-28-21(26)24-14-8-9-17-16(10-14)22-12-25(17)2/h4-9,12,14H,10-11H2,1-3H3,(H,24,26). The molecule has 0 saturated heterocycles. The van der Waals surface area contributed by atoms with Crippen molar-refractivity contribution in [2.24, 2.45) is 7.05 Å². The van der Waals surface area contributed by atoms with E-state index in [0.29, 0.717) is 6.42 Å². The van der Waals surface area contributed by atoms with Crippen molar-refractivity contribution in [1.29, 1.82) is 0 Å². The van der Waals surface area contributed by atoms with Gasteiger partial charge in [0.15, 0.2) is 0 Å². The van der Waals surface area contributed by atoms with Crippen LogP contribution in [-0.2, 0) is 24.8 Å². The van der Waals surface area contributed by atoms with E-state index in [4.69, 9.17) is 9.47 Å². The average molecular weight is 410 g/mol. The van der Waals surface area contributed by atoms with Gasteiger partial charge in [0.1, 0.15) is 17.4 Å². The normalized spacial score (nSPS) is 15.1. The highest BCUT2D eigenvalue weighted by atomic mass is 32.1. The number of para-hydroxylation sites is 1. The molecule has 0 radical (unpaired) electrons. The van der Waals surface area contributed by atoms with Gasteiger partial charge in [-0.3, -0.25) is 0 Å². The van der Waals surface area contributed by atoms with Gasteiger partial charge in [-0.15, -0.1) is 11.3 Å². The van der Waals surface area contributed by atoms with Crippen LogP contribution in [0.3, 0.4) is 0 Å². The van der Waals surface area contributed by atoms with Gasteiger partial charge in [0, 0.05) is 13.5 Å². The summed E-state index contributed by atoms with van der Waals surface area (Å²) < 4.78 is 12.8. The minimum Gasteiger partial charge on any atom is -0.496 e. The third kappa shape index (κ3) is 4.02. The van der Waals surface area contributed by atoms with Gasteiger partial charge in [-0.2, -0.15) is 0 Å². The SMILES string of the molecule is COc1ccccc1-c1nc(C)c(COC(=O)NC2C=Cc3c(ncn3C)C2)s1. The second kappa shape index (κ2) is 8.08. The molecule has 2 heterocycles. The maximum atomic E-state index is 12.3. The Balaban J connectivity index is 1.37. The van der Waals surface area contributed by atoms with Gasteiger partial charge in [-0.1, -0.05) is 18.2 Å². The van der Waals surface area contributed by atoms with Gasteiger partial charge in [-0.05, 0) is 25.1 Å². The number of nitrogens with one attached hydrogen (secondary N) is 1. The van der Waals surface area contributed by atoms with E-state index in [1.165, 1.54) is 11.3 Å². The van der Waals surface area contributed by atoms with Crippen LogP contribution in [0, 0.1) is 6.92 Å². The second-order valence-corrected chi connectivity index (χ2v) is 7.89. The lowest BCUT2D eigenvalue weighted by Crippen LogP contribution is -2.36. The number of amides is 1. The van der Waals surface area contributed by atoms with Crippen LogP contribution in [-0.4, -0.2) is 33.8 Å². The molecular formula is C21H22N4O3S. The zero-order valence-corrected chi connectivity index (χ0v) is 17.3. The summed E-state index contributed by atoms with van der Waals surface area (Å²) in [5, 5.41) is 3.73. The highest BCUT2D eigenvalue weighted by Gasteiger charge is 2.20. The van der Waals surface area contributed by atoms with Crippen molar-refractivity contribution in [2.75, 3.05) is 7.11 Å². The molecule has 0 bridgehead atoms. The van der Waals surface area contributed by atoms with Crippen molar-refractivity contribution in [3.05, 3.63) is 58.6 Å². The number of imidazole rings is 1. The van der Waals surface area contributed by atoms with Crippen LogP contribution < -0.4 is 10.1 Å². The molecule has 8 heteroatoms. The number of fused-ring (bicyclic) bond motifs is 1. The number of ether oxygens (including phenoxy) is 2. The number of rotatable bonds is 5. The van der Waals surface area contributed by atoms with Crippen LogP contribution in [0.1, 0.15) is 22.0 Å². The van der Waals surface area contributed by atoms with Gasteiger partial charge in [0.05, 0.1) is 47.0 Å². The van der Waals surface area contributed by atoms with E-state index in [0.717, 1.165) is 38.3 Å². The monoisotopic (exact) mass is 410 g/mol. The van der Waals surface area contributed by atoms with Crippen LogP contribution in [0.5, 0.6) is 5.75 Å². The van der Waals surface area contributed by atoms with Crippen molar-refractivity contribution in [3.8, 4) is 16.3 Å². The molecule has 4 rings (SSSR count). The summed E-state index contributed by atoms with van der Waals surface area (Å²) in [4.78, 5) is 22.2. The molecule has 0 spiro atoms. The molecule has 0 saturated carbocycles. The molecule has 2 aromatic heterocycles. The van der Waals surface area contributed by atoms with Gasteiger partial charge in [0.25, 0.3) is 0 Å². The number of benzene rings is 1. The summed E-state index contributed by atoms with van der Waals surface area (Å²) in [5.74, 6) is 0.768. The Morgan fingerprint density at radius 3 is 3.03 bits per heavy atom. The predicted molar refractivity (Wildman–Crippen MR) is 112 cm³/mol.